The van der Waals surface area contributed by atoms with Crippen molar-refractivity contribution in [3.8, 4) is 0 Å². The molecule has 1 heterocycles. The Morgan fingerprint density at radius 1 is 1.25 bits per heavy atom. The zero-order chi connectivity index (χ0) is 24.7. The molecule has 0 radical (unpaired) electrons. The van der Waals surface area contributed by atoms with Gasteiger partial charge in [-0.3, -0.25) is 4.98 Å². The van der Waals surface area contributed by atoms with E-state index in [9.17, 15) is 22.0 Å². The monoisotopic (exact) mass is 496 g/mol. The fourth-order valence-electron chi connectivity index (χ4n) is 3.24. The minimum Gasteiger partial charge on any atom is -0.253 e. The minimum atomic E-state index is -4.41. The standard InChI is InChI=1S/C21H24ClF5N2S.C2H6/c1-5-8-20(21(26,27)18(24)25)10-13(9-15(23)11-20)17(29-30-19(2,3)4)16-7-6-14(22)12-28-16;1-2/h6-7,9,11-12,18H,5,8,10H2,1-4H3;1-2H3/b29-17-;. The zero-order valence-corrected chi connectivity index (χ0v) is 20.7. The number of hydrogen-bond donors (Lipinski definition) is 0. The van der Waals surface area contributed by atoms with Crippen molar-refractivity contribution in [2.45, 2.75) is 77.9 Å². The summed E-state index contributed by atoms with van der Waals surface area (Å²) in [5.41, 5.74) is -1.80. The fraction of sp³-hybridized carbons (Fsp3) is 0.565. The van der Waals surface area contributed by atoms with E-state index >= 15 is 0 Å². The van der Waals surface area contributed by atoms with Crippen LogP contribution in [0.5, 0.6) is 0 Å². The Morgan fingerprint density at radius 3 is 2.34 bits per heavy atom. The molecule has 0 saturated heterocycles. The Labute approximate surface area is 196 Å². The predicted octanol–water partition coefficient (Wildman–Crippen LogP) is 8.87. The molecule has 1 aromatic rings. The second kappa shape index (κ2) is 11.6. The lowest BCUT2D eigenvalue weighted by Crippen LogP contribution is -2.47. The topological polar surface area (TPSA) is 25.2 Å². The van der Waals surface area contributed by atoms with E-state index in [1.807, 2.05) is 34.6 Å². The average Bonchev–Trinajstić information content (AvgIpc) is 2.69. The summed E-state index contributed by atoms with van der Waals surface area (Å²) in [5.74, 6) is -5.40. The fourth-order valence-corrected chi connectivity index (χ4v) is 3.93. The van der Waals surface area contributed by atoms with E-state index in [4.69, 9.17) is 11.6 Å². The first kappa shape index (κ1) is 28.6. The van der Waals surface area contributed by atoms with E-state index in [-0.39, 0.29) is 28.9 Å². The van der Waals surface area contributed by atoms with Crippen LogP contribution < -0.4 is 0 Å². The quantitative estimate of drug-likeness (QED) is 0.214. The van der Waals surface area contributed by atoms with E-state index < -0.39 is 30.0 Å². The third-order valence-electron chi connectivity index (χ3n) is 4.55. The van der Waals surface area contributed by atoms with Gasteiger partial charge >= 0.3 is 12.3 Å². The highest BCUT2D eigenvalue weighted by molar-refractivity contribution is 7.99. The molecule has 0 amide bonds. The van der Waals surface area contributed by atoms with Gasteiger partial charge in [-0.2, -0.15) is 8.78 Å². The lowest BCUT2D eigenvalue weighted by Gasteiger charge is -2.40. The smallest absolute Gasteiger partial charge is 0.253 e. The van der Waals surface area contributed by atoms with Gasteiger partial charge in [0.1, 0.15) is 11.5 Å². The molecule has 180 valence electrons. The van der Waals surface area contributed by atoms with Gasteiger partial charge in [-0.15, -0.1) is 0 Å². The third kappa shape index (κ3) is 7.04. The van der Waals surface area contributed by atoms with Crippen molar-refractivity contribution in [2.24, 2.45) is 9.81 Å². The maximum Gasteiger partial charge on any atom is 0.316 e. The van der Waals surface area contributed by atoms with E-state index in [0.29, 0.717) is 16.8 Å². The van der Waals surface area contributed by atoms with Crippen LogP contribution in [0.25, 0.3) is 0 Å². The summed E-state index contributed by atoms with van der Waals surface area (Å²) in [5, 5.41) is 0.356. The summed E-state index contributed by atoms with van der Waals surface area (Å²) in [7, 11) is 0. The van der Waals surface area contributed by atoms with Crippen LogP contribution >= 0.6 is 23.5 Å². The lowest BCUT2D eigenvalue weighted by atomic mass is 9.69. The van der Waals surface area contributed by atoms with Crippen LogP contribution in [0.4, 0.5) is 22.0 Å². The van der Waals surface area contributed by atoms with Crippen molar-refractivity contribution >= 4 is 29.3 Å². The van der Waals surface area contributed by atoms with Gasteiger partial charge in [0, 0.05) is 10.9 Å². The molecule has 2 nitrogen and oxygen atoms in total. The first-order chi connectivity index (χ1) is 14.8. The lowest BCUT2D eigenvalue weighted by molar-refractivity contribution is -0.194. The molecule has 0 saturated carbocycles. The summed E-state index contributed by atoms with van der Waals surface area (Å²) in [6.07, 6.45) is -1.48. The number of allylic oxidation sites excluding steroid dienone is 4. The number of pyridine rings is 1. The Hall–Kier alpha value is -1.41. The molecule has 0 spiro atoms. The summed E-state index contributed by atoms with van der Waals surface area (Å²) in [6.45, 7) is 11.3. The first-order valence-corrected chi connectivity index (χ1v) is 11.6. The number of hydrogen-bond acceptors (Lipinski definition) is 3. The van der Waals surface area contributed by atoms with Gasteiger partial charge in [-0.1, -0.05) is 38.8 Å². The van der Waals surface area contributed by atoms with Crippen molar-refractivity contribution in [1.82, 2.24) is 4.98 Å². The molecular formula is C23H30ClF5N2S. The molecule has 32 heavy (non-hydrogen) atoms. The molecule has 1 aliphatic rings. The Balaban J connectivity index is 0.00000249. The van der Waals surface area contributed by atoms with Gasteiger partial charge in [0.2, 0.25) is 0 Å². The van der Waals surface area contributed by atoms with Crippen LogP contribution in [0, 0.1) is 5.41 Å². The van der Waals surface area contributed by atoms with Gasteiger partial charge < -0.3 is 0 Å². The molecule has 0 fully saturated rings. The van der Waals surface area contributed by atoms with Crippen LogP contribution in [0.2, 0.25) is 5.02 Å². The summed E-state index contributed by atoms with van der Waals surface area (Å²) < 4.78 is 74.6. The van der Waals surface area contributed by atoms with E-state index in [1.165, 1.54) is 12.3 Å². The van der Waals surface area contributed by atoms with Gasteiger partial charge in [-0.25, -0.2) is 17.6 Å². The van der Waals surface area contributed by atoms with E-state index in [0.717, 1.165) is 18.0 Å². The Morgan fingerprint density at radius 2 is 1.88 bits per heavy atom. The SMILES string of the molecule is CC.CCCC1(C(F)(F)C(F)F)C=C(F)C=C(/C(=N/SC(C)(C)C)c2ccc(Cl)cn2)C1. The Bertz CT molecular complexity index is 845. The first-order valence-electron chi connectivity index (χ1n) is 10.4. The summed E-state index contributed by atoms with van der Waals surface area (Å²) in [6, 6.07) is 3.08. The highest BCUT2D eigenvalue weighted by Gasteiger charge is 2.59. The van der Waals surface area contributed by atoms with Crippen molar-refractivity contribution < 1.29 is 22.0 Å². The van der Waals surface area contributed by atoms with Crippen LogP contribution in [0.1, 0.15) is 66.5 Å². The number of rotatable bonds is 7. The molecular weight excluding hydrogens is 467 g/mol. The molecule has 1 aliphatic carbocycles. The van der Waals surface area contributed by atoms with Crippen LogP contribution in [0.3, 0.4) is 0 Å². The van der Waals surface area contributed by atoms with Crippen molar-refractivity contribution in [3.63, 3.8) is 0 Å². The summed E-state index contributed by atoms with van der Waals surface area (Å²) >= 11 is 7.04. The number of alkyl halides is 4. The molecule has 2 rings (SSSR count). The number of aromatic nitrogens is 1. The molecule has 0 aromatic carbocycles. The van der Waals surface area contributed by atoms with Gasteiger partial charge in [0.05, 0.1) is 16.1 Å². The highest BCUT2D eigenvalue weighted by Crippen LogP contribution is 2.53. The average molecular weight is 497 g/mol. The van der Waals surface area contributed by atoms with Crippen LogP contribution in [-0.2, 0) is 0 Å². The number of halogens is 6. The molecule has 0 bridgehead atoms. The molecule has 1 unspecified atom stereocenters. The van der Waals surface area contributed by atoms with E-state index in [1.54, 1.807) is 13.0 Å². The largest absolute Gasteiger partial charge is 0.316 e. The summed E-state index contributed by atoms with van der Waals surface area (Å²) in [4.78, 5) is 4.18. The van der Waals surface area contributed by atoms with E-state index in [2.05, 4.69) is 9.38 Å². The van der Waals surface area contributed by atoms with Gasteiger partial charge in [0.25, 0.3) is 0 Å². The van der Waals surface area contributed by atoms with Crippen LogP contribution in [-0.4, -0.2) is 27.8 Å². The molecule has 0 N–H and O–H groups in total. The second-order valence-corrected chi connectivity index (χ2v) is 10.2. The Kier molecular flexibility index (Phi) is 10.4. The molecule has 1 aromatic heterocycles. The van der Waals surface area contributed by atoms with Gasteiger partial charge in [0.15, 0.2) is 0 Å². The van der Waals surface area contributed by atoms with Crippen molar-refractivity contribution in [3.05, 3.63) is 52.6 Å². The maximum atomic E-state index is 14.6. The minimum absolute atomic E-state index is 0.0929. The normalized spacial score (nSPS) is 19.8. The number of nitrogens with zero attached hydrogens (tertiary/aromatic N) is 2. The highest BCUT2D eigenvalue weighted by atomic mass is 35.5. The molecule has 1 atom stereocenters. The predicted molar refractivity (Wildman–Crippen MR) is 125 cm³/mol. The zero-order valence-electron chi connectivity index (χ0n) is 19.2. The third-order valence-corrected chi connectivity index (χ3v) is 5.60. The maximum absolute atomic E-state index is 14.6. The second-order valence-electron chi connectivity index (χ2n) is 8.21. The van der Waals surface area contributed by atoms with Crippen molar-refractivity contribution in [1.29, 1.82) is 0 Å². The van der Waals surface area contributed by atoms with Crippen LogP contribution in [0.15, 0.2) is 46.3 Å². The van der Waals surface area contributed by atoms with Gasteiger partial charge in [-0.05, 0) is 75.4 Å². The molecule has 0 aliphatic heterocycles. The molecule has 9 heteroatoms. The van der Waals surface area contributed by atoms with Crippen molar-refractivity contribution in [2.75, 3.05) is 0 Å².